The van der Waals surface area contributed by atoms with E-state index in [-0.39, 0.29) is 5.91 Å². The van der Waals surface area contributed by atoms with Crippen molar-refractivity contribution in [3.63, 3.8) is 0 Å². The van der Waals surface area contributed by atoms with Crippen LogP contribution in [0, 0.1) is 6.92 Å². The molecule has 1 heterocycles. The van der Waals surface area contributed by atoms with Crippen LogP contribution < -0.4 is 10.1 Å². The molecule has 1 N–H and O–H groups in total. The van der Waals surface area contributed by atoms with Crippen LogP contribution in [-0.4, -0.2) is 28.6 Å². The Morgan fingerprint density at radius 2 is 1.78 bits per heavy atom. The lowest BCUT2D eigenvalue weighted by atomic mass is 10.2. The molecular formula is C26H26ClN3O2. The molecule has 0 fully saturated rings. The maximum Gasteiger partial charge on any atom is 0.252 e. The van der Waals surface area contributed by atoms with E-state index in [4.69, 9.17) is 21.3 Å². The molecule has 0 bridgehead atoms. The standard InChI is InChI=1S/C26H26ClN3O2/c1-19-9-2-7-14-24(19)32-18-17-30-23-13-6-5-12-22(23)29-25(30)15-8-16-28-26(31)20-10-3-4-11-21(20)27/h2-7,9-14H,8,15-18H2,1H3,(H,28,31). The summed E-state index contributed by atoms with van der Waals surface area (Å²) in [5, 5.41) is 3.41. The van der Waals surface area contributed by atoms with Crippen molar-refractivity contribution in [3.05, 3.63) is 94.8 Å². The number of carbonyl (C=O) groups excluding carboxylic acids is 1. The van der Waals surface area contributed by atoms with Crippen LogP contribution in [0.25, 0.3) is 11.0 Å². The Bertz CT molecular complexity index is 1220. The van der Waals surface area contributed by atoms with Crippen LogP contribution in [0.3, 0.4) is 0 Å². The average molecular weight is 448 g/mol. The first-order valence-corrected chi connectivity index (χ1v) is 11.2. The summed E-state index contributed by atoms with van der Waals surface area (Å²) in [7, 11) is 0. The van der Waals surface area contributed by atoms with Crippen LogP contribution in [-0.2, 0) is 13.0 Å². The van der Waals surface area contributed by atoms with E-state index in [1.54, 1.807) is 12.1 Å². The van der Waals surface area contributed by atoms with Crippen molar-refractivity contribution in [1.29, 1.82) is 0 Å². The average Bonchev–Trinajstić information content (AvgIpc) is 3.15. The molecule has 0 saturated carbocycles. The molecule has 0 aliphatic carbocycles. The molecule has 0 aliphatic rings. The van der Waals surface area contributed by atoms with Gasteiger partial charge in [0.2, 0.25) is 0 Å². The van der Waals surface area contributed by atoms with E-state index < -0.39 is 0 Å². The molecule has 0 spiro atoms. The number of para-hydroxylation sites is 3. The smallest absolute Gasteiger partial charge is 0.252 e. The van der Waals surface area contributed by atoms with Crippen LogP contribution in [0.1, 0.15) is 28.2 Å². The predicted octanol–water partition coefficient (Wildman–Crippen LogP) is 5.44. The maximum absolute atomic E-state index is 12.4. The number of rotatable bonds is 9. The van der Waals surface area contributed by atoms with Crippen molar-refractivity contribution in [3.8, 4) is 5.75 Å². The summed E-state index contributed by atoms with van der Waals surface area (Å²) in [5.74, 6) is 1.74. The van der Waals surface area contributed by atoms with Gasteiger partial charge >= 0.3 is 0 Å². The SMILES string of the molecule is Cc1ccccc1OCCn1c(CCCNC(=O)c2ccccc2Cl)nc2ccccc21. The number of halogens is 1. The van der Waals surface area contributed by atoms with Gasteiger partial charge in [0.15, 0.2) is 0 Å². The molecule has 0 unspecified atom stereocenters. The molecule has 164 valence electrons. The van der Waals surface area contributed by atoms with Crippen molar-refractivity contribution in [2.75, 3.05) is 13.2 Å². The van der Waals surface area contributed by atoms with Crippen LogP contribution in [0.2, 0.25) is 5.02 Å². The molecule has 32 heavy (non-hydrogen) atoms. The normalized spacial score (nSPS) is 10.9. The molecule has 0 radical (unpaired) electrons. The number of aryl methyl sites for hydroxylation is 2. The van der Waals surface area contributed by atoms with Crippen molar-refractivity contribution in [1.82, 2.24) is 14.9 Å². The van der Waals surface area contributed by atoms with Crippen LogP contribution in [0.15, 0.2) is 72.8 Å². The summed E-state index contributed by atoms with van der Waals surface area (Å²) < 4.78 is 8.22. The Kier molecular flexibility index (Phi) is 7.07. The van der Waals surface area contributed by atoms with Gasteiger partial charge in [-0.2, -0.15) is 0 Å². The molecule has 5 nitrogen and oxygen atoms in total. The van der Waals surface area contributed by atoms with Gasteiger partial charge in [-0.1, -0.05) is 54.1 Å². The third kappa shape index (κ3) is 5.11. The van der Waals surface area contributed by atoms with Crippen LogP contribution in [0.4, 0.5) is 0 Å². The second-order valence-electron chi connectivity index (χ2n) is 7.62. The number of carbonyl (C=O) groups is 1. The topological polar surface area (TPSA) is 56.1 Å². The van der Waals surface area contributed by atoms with E-state index in [9.17, 15) is 4.79 Å². The van der Waals surface area contributed by atoms with E-state index in [0.29, 0.717) is 30.3 Å². The summed E-state index contributed by atoms with van der Waals surface area (Å²) in [6.45, 7) is 3.86. The molecule has 4 rings (SSSR count). The molecule has 3 aromatic carbocycles. The highest BCUT2D eigenvalue weighted by Gasteiger charge is 2.12. The van der Waals surface area contributed by atoms with E-state index in [2.05, 4.69) is 16.0 Å². The summed E-state index contributed by atoms with van der Waals surface area (Å²) in [6, 6.07) is 23.2. The summed E-state index contributed by atoms with van der Waals surface area (Å²) >= 11 is 6.11. The molecule has 0 atom stereocenters. The lowest BCUT2D eigenvalue weighted by Gasteiger charge is -2.12. The number of hydrogen-bond acceptors (Lipinski definition) is 3. The number of benzene rings is 3. The Morgan fingerprint density at radius 3 is 2.62 bits per heavy atom. The zero-order chi connectivity index (χ0) is 22.3. The zero-order valence-electron chi connectivity index (χ0n) is 18.1. The Balaban J connectivity index is 1.38. The highest BCUT2D eigenvalue weighted by Crippen LogP contribution is 2.19. The molecule has 4 aromatic rings. The Labute approximate surface area is 193 Å². The minimum absolute atomic E-state index is 0.157. The van der Waals surface area contributed by atoms with Gasteiger partial charge in [0, 0.05) is 13.0 Å². The second-order valence-corrected chi connectivity index (χ2v) is 8.03. The van der Waals surface area contributed by atoms with Gasteiger partial charge in [0.25, 0.3) is 5.91 Å². The van der Waals surface area contributed by atoms with Crippen molar-refractivity contribution in [2.45, 2.75) is 26.3 Å². The quantitative estimate of drug-likeness (QED) is 0.347. The maximum atomic E-state index is 12.4. The summed E-state index contributed by atoms with van der Waals surface area (Å²) in [6.07, 6.45) is 1.53. The number of imidazole rings is 1. The highest BCUT2D eigenvalue weighted by atomic mass is 35.5. The monoisotopic (exact) mass is 447 g/mol. The number of nitrogens with zero attached hydrogens (tertiary/aromatic N) is 2. The van der Waals surface area contributed by atoms with Crippen molar-refractivity contribution < 1.29 is 9.53 Å². The summed E-state index contributed by atoms with van der Waals surface area (Å²) in [4.78, 5) is 17.2. The van der Waals surface area contributed by atoms with Gasteiger partial charge in [-0.3, -0.25) is 4.79 Å². The number of aromatic nitrogens is 2. The van der Waals surface area contributed by atoms with Crippen molar-refractivity contribution in [2.24, 2.45) is 0 Å². The van der Waals surface area contributed by atoms with E-state index >= 15 is 0 Å². The molecule has 1 aromatic heterocycles. The predicted molar refractivity (Wildman–Crippen MR) is 129 cm³/mol. The first kappa shape index (κ1) is 21.9. The van der Waals surface area contributed by atoms with E-state index in [0.717, 1.165) is 41.0 Å². The van der Waals surface area contributed by atoms with Gasteiger partial charge in [0.1, 0.15) is 18.2 Å². The molecule has 0 saturated heterocycles. The highest BCUT2D eigenvalue weighted by molar-refractivity contribution is 6.33. The van der Waals surface area contributed by atoms with Gasteiger partial charge in [0.05, 0.1) is 28.2 Å². The fraction of sp³-hybridized carbons (Fsp3) is 0.231. The van der Waals surface area contributed by atoms with Gasteiger partial charge in [-0.05, 0) is 49.2 Å². The Hall–Kier alpha value is -3.31. The third-order valence-corrected chi connectivity index (χ3v) is 5.71. The fourth-order valence-electron chi connectivity index (χ4n) is 3.72. The Morgan fingerprint density at radius 1 is 1.03 bits per heavy atom. The number of fused-ring (bicyclic) bond motifs is 1. The fourth-order valence-corrected chi connectivity index (χ4v) is 3.94. The second kappa shape index (κ2) is 10.3. The largest absolute Gasteiger partial charge is 0.491 e. The lowest BCUT2D eigenvalue weighted by Crippen LogP contribution is -2.25. The first-order chi connectivity index (χ1) is 15.6. The van der Waals surface area contributed by atoms with E-state index in [1.165, 1.54) is 0 Å². The molecule has 1 amide bonds. The van der Waals surface area contributed by atoms with Crippen LogP contribution >= 0.6 is 11.6 Å². The number of hydrogen-bond donors (Lipinski definition) is 1. The third-order valence-electron chi connectivity index (χ3n) is 5.38. The lowest BCUT2D eigenvalue weighted by molar-refractivity contribution is 0.0953. The first-order valence-electron chi connectivity index (χ1n) is 10.8. The van der Waals surface area contributed by atoms with Gasteiger partial charge < -0.3 is 14.6 Å². The van der Waals surface area contributed by atoms with Gasteiger partial charge in [-0.25, -0.2) is 4.98 Å². The van der Waals surface area contributed by atoms with Crippen molar-refractivity contribution >= 4 is 28.5 Å². The molecule has 6 heteroatoms. The van der Waals surface area contributed by atoms with E-state index in [1.807, 2.05) is 61.5 Å². The molecule has 0 aliphatic heterocycles. The minimum atomic E-state index is -0.157. The van der Waals surface area contributed by atoms with Crippen LogP contribution in [0.5, 0.6) is 5.75 Å². The molecular weight excluding hydrogens is 422 g/mol. The zero-order valence-corrected chi connectivity index (χ0v) is 18.8. The summed E-state index contributed by atoms with van der Waals surface area (Å²) in [5.41, 5.74) is 3.68. The number of amides is 1. The van der Waals surface area contributed by atoms with Gasteiger partial charge in [-0.15, -0.1) is 0 Å². The number of ether oxygens (including phenoxy) is 1. The number of nitrogens with one attached hydrogen (secondary N) is 1. The minimum Gasteiger partial charge on any atom is -0.491 e.